The molecule has 9 heteroatoms. The van der Waals surface area contributed by atoms with E-state index in [9.17, 15) is 9.90 Å². The molecule has 152 valence electrons. The van der Waals surface area contributed by atoms with Crippen molar-refractivity contribution in [1.29, 1.82) is 0 Å². The van der Waals surface area contributed by atoms with Crippen LogP contribution in [0.5, 0.6) is 17.4 Å². The number of methoxy groups -OCH3 is 1. The number of anilines is 1. The third-order valence-corrected chi connectivity index (χ3v) is 5.12. The lowest BCUT2D eigenvalue weighted by molar-refractivity contribution is -0.705. The van der Waals surface area contributed by atoms with E-state index in [2.05, 4.69) is 10.6 Å². The molecule has 1 unspecified atom stereocenters. The standard InChI is InChI=1S/C20H21N3O5S/c1-4-27-17-8-6-5-7-16(17)21-18(24)13(2)29-19-20(25)28-22-23(19)14-9-11-15(26-3)12-10-14/h5-13H,4H2,1-3H3,(H-,21,22,24,25). The lowest BCUT2D eigenvalue weighted by Gasteiger charge is -2.13. The van der Waals surface area contributed by atoms with Gasteiger partial charge in [-0.05, 0) is 54.6 Å². The van der Waals surface area contributed by atoms with E-state index < -0.39 is 11.2 Å². The minimum atomic E-state index is -0.611. The van der Waals surface area contributed by atoms with E-state index >= 15 is 0 Å². The van der Waals surface area contributed by atoms with Crippen molar-refractivity contribution in [2.45, 2.75) is 24.1 Å². The Morgan fingerprint density at radius 2 is 2.00 bits per heavy atom. The highest BCUT2D eigenvalue weighted by atomic mass is 32.2. The molecular formula is C20H21N3O5S. The second-order valence-electron chi connectivity index (χ2n) is 5.95. The van der Waals surface area contributed by atoms with Gasteiger partial charge in [0.25, 0.3) is 5.03 Å². The van der Waals surface area contributed by atoms with E-state index in [1.165, 1.54) is 4.68 Å². The summed E-state index contributed by atoms with van der Waals surface area (Å²) in [7, 11) is 1.57. The number of amides is 1. The number of nitrogens with one attached hydrogen (secondary N) is 1. The monoisotopic (exact) mass is 415 g/mol. The van der Waals surface area contributed by atoms with E-state index in [1.54, 1.807) is 50.4 Å². The van der Waals surface area contributed by atoms with Gasteiger partial charge in [0.1, 0.15) is 11.5 Å². The van der Waals surface area contributed by atoms with Crippen LogP contribution in [0.4, 0.5) is 5.69 Å². The predicted molar refractivity (Wildman–Crippen MR) is 106 cm³/mol. The molecule has 3 rings (SSSR count). The molecule has 0 fully saturated rings. The molecule has 0 radical (unpaired) electrons. The highest BCUT2D eigenvalue weighted by Crippen LogP contribution is 2.30. The molecule has 0 saturated carbocycles. The summed E-state index contributed by atoms with van der Waals surface area (Å²) in [6, 6.07) is 14.2. The largest absolute Gasteiger partial charge is 0.538 e. The first-order valence-electron chi connectivity index (χ1n) is 8.96. The zero-order valence-corrected chi connectivity index (χ0v) is 17.1. The number of carbonyl (C=O) groups is 1. The van der Waals surface area contributed by atoms with E-state index in [0.717, 1.165) is 11.8 Å². The average molecular weight is 415 g/mol. The zero-order chi connectivity index (χ0) is 20.8. The van der Waals surface area contributed by atoms with E-state index in [4.69, 9.17) is 14.0 Å². The smallest absolute Gasteiger partial charge is 0.298 e. The van der Waals surface area contributed by atoms with E-state index in [0.29, 0.717) is 29.5 Å². The van der Waals surface area contributed by atoms with Crippen molar-refractivity contribution in [2.75, 3.05) is 19.0 Å². The Hall–Kier alpha value is -3.20. The number of thioether (sulfide) groups is 1. The highest BCUT2D eigenvalue weighted by molar-refractivity contribution is 8.00. The van der Waals surface area contributed by atoms with Gasteiger partial charge in [0.2, 0.25) is 11.6 Å². The number of benzene rings is 2. The summed E-state index contributed by atoms with van der Waals surface area (Å²) in [6.07, 6.45) is 0. The van der Waals surface area contributed by atoms with Crippen LogP contribution in [0.15, 0.2) is 58.1 Å². The molecule has 1 atom stereocenters. The second-order valence-corrected chi connectivity index (χ2v) is 7.28. The SMILES string of the molecule is CCOc1ccccc1NC(=O)C(C)Sc1c([O-])on[n+]1-c1ccc(OC)cc1. The fourth-order valence-corrected chi connectivity index (χ4v) is 3.41. The van der Waals surface area contributed by atoms with Crippen LogP contribution in [-0.4, -0.2) is 30.1 Å². The minimum absolute atomic E-state index is 0.205. The Morgan fingerprint density at radius 3 is 2.69 bits per heavy atom. The number of hydrogen-bond donors (Lipinski definition) is 1. The lowest BCUT2D eigenvalue weighted by atomic mass is 10.3. The molecular weight excluding hydrogens is 394 g/mol. The van der Waals surface area contributed by atoms with Gasteiger partial charge in [-0.3, -0.25) is 4.79 Å². The predicted octanol–water partition coefficient (Wildman–Crippen LogP) is 2.55. The van der Waals surface area contributed by atoms with E-state index in [-0.39, 0.29) is 10.9 Å². The minimum Gasteiger partial charge on any atom is -0.538 e. The number of rotatable bonds is 8. The fraction of sp³-hybridized carbons (Fsp3) is 0.250. The maximum absolute atomic E-state index is 12.7. The summed E-state index contributed by atoms with van der Waals surface area (Å²) in [4.78, 5) is 12.7. The average Bonchev–Trinajstić information content (AvgIpc) is 3.10. The number of nitrogens with zero attached hydrogens (tertiary/aromatic N) is 2. The van der Waals surface area contributed by atoms with Crippen LogP contribution in [-0.2, 0) is 4.79 Å². The van der Waals surface area contributed by atoms with Gasteiger partial charge in [0, 0.05) is 12.1 Å². The van der Waals surface area contributed by atoms with Crippen LogP contribution in [0.3, 0.4) is 0 Å². The number of para-hydroxylation sites is 2. The van der Waals surface area contributed by atoms with Crippen molar-refractivity contribution in [3.63, 3.8) is 0 Å². The maximum atomic E-state index is 12.7. The summed E-state index contributed by atoms with van der Waals surface area (Å²) in [6.45, 7) is 4.06. The quantitative estimate of drug-likeness (QED) is 0.446. The molecule has 0 aliphatic rings. The van der Waals surface area contributed by atoms with Gasteiger partial charge in [-0.2, -0.15) is 0 Å². The summed E-state index contributed by atoms with van der Waals surface area (Å²) in [5, 5.41) is 18.4. The first-order valence-corrected chi connectivity index (χ1v) is 9.84. The summed E-state index contributed by atoms with van der Waals surface area (Å²) in [5.74, 6) is 0.377. The van der Waals surface area contributed by atoms with Gasteiger partial charge >= 0.3 is 0 Å². The van der Waals surface area contributed by atoms with Crippen molar-refractivity contribution < 1.29 is 28.6 Å². The molecule has 0 aliphatic carbocycles. The Labute approximate surface area is 172 Å². The molecule has 0 saturated heterocycles. The third-order valence-electron chi connectivity index (χ3n) is 3.99. The fourth-order valence-electron chi connectivity index (χ4n) is 2.53. The van der Waals surface area contributed by atoms with Gasteiger partial charge in [0.15, 0.2) is 5.95 Å². The number of ether oxygens (including phenoxy) is 2. The van der Waals surface area contributed by atoms with Crippen molar-refractivity contribution in [1.82, 2.24) is 5.27 Å². The maximum Gasteiger partial charge on any atom is 0.298 e. The van der Waals surface area contributed by atoms with Crippen molar-refractivity contribution in [2.24, 2.45) is 0 Å². The molecule has 1 heterocycles. The normalized spacial score (nSPS) is 11.7. The first kappa shape index (κ1) is 20.5. The molecule has 0 bridgehead atoms. The molecule has 1 amide bonds. The molecule has 2 aromatic carbocycles. The van der Waals surface area contributed by atoms with Crippen LogP contribution < -0.4 is 24.6 Å². The summed E-state index contributed by atoms with van der Waals surface area (Å²) in [5.41, 5.74) is 1.19. The van der Waals surface area contributed by atoms with Gasteiger partial charge in [0.05, 0.1) is 29.9 Å². The Balaban J connectivity index is 1.76. The Bertz CT molecular complexity index is 975. The van der Waals surface area contributed by atoms with Gasteiger partial charge in [-0.25, -0.2) is 0 Å². The van der Waals surface area contributed by atoms with Crippen LogP contribution >= 0.6 is 11.8 Å². The molecule has 29 heavy (non-hydrogen) atoms. The summed E-state index contributed by atoms with van der Waals surface area (Å²) < 4.78 is 16.8. The van der Waals surface area contributed by atoms with Gasteiger partial charge in [-0.15, -0.1) is 0 Å². The first-order chi connectivity index (χ1) is 14.0. The van der Waals surface area contributed by atoms with Crippen LogP contribution in [0.25, 0.3) is 5.69 Å². The highest BCUT2D eigenvalue weighted by Gasteiger charge is 2.27. The van der Waals surface area contributed by atoms with Crippen LogP contribution in [0, 0.1) is 0 Å². The van der Waals surface area contributed by atoms with Crippen molar-refractivity contribution >= 4 is 23.4 Å². The second kappa shape index (κ2) is 9.33. The van der Waals surface area contributed by atoms with Crippen molar-refractivity contribution in [3.8, 4) is 23.1 Å². The summed E-state index contributed by atoms with van der Waals surface area (Å²) >= 11 is 1.06. The zero-order valence-electron chi connectivity index (χ0n) is 16.2. The van der Waals surface area contributed by atoms with Crippen molar-refractivity contribution in [3.05, 3.63) is 48.5 Å². The van der Waals surface area contributed by atoms with Gasteiger partial charge in [-0.1, -0.05) is 12.1 Å². The lowest BCUT2D eigenvalue weighted by Crippen LogP contribution is -2.36. The van der Waals surface area contributed by atoms with Gasteiger partial charge < -0.3 is 24.4 Å². The number of aromatic nitrogens is 2. The third kappa shape index (κ3) is 4.80. The molecule has 0 spiro atoms. The molecule has 1 N–H and O–H groups in total. The van der Waals surface area contributed by atoms with E-state index in [1.807, 2.05) is 19.1 Å². The Kier molecular flexibility index (Phi) is 6.61. The van der Waals surface area contributed by atoms with Crippen LogP contribution in [0.1, 0.15) is 13.8 Å². The number of carbonyl (C=O) groups excluding carboxylic acids is 1. The number of hydrogen-bond acceptors (Lipinski definition) is 7. The molecule has 3 aromatic rings. The Morgan fingerprint density at radius 1 is 1.28 bits per heavy atom. The molecule has 0 aliphatic heterocycles. The topological polar surface area (TPSA) is 101 Å². The molecule has 1 aromatic heterocycles. The van der Waals surface area contributed by atoms with Crippen LogP contribution in [0.2, 0.25) is 0 Å². The molecule has 8 nitrogen and oxygen atoms in total.